The Morgan fingerprint density at radius 2 is 1.77 bits per heavy atom. The maximum Gasteiger partial charge on any atom is 0.261 e. The van der Waals surface area contributed by atoms with Crippen LogP contribution < -0.4 is 4.72 Å². The topological polar surface area (TPSA) is 74.8 Å². The van der Waals surface area contributed by atoms with Crippen LogP contribution in [0.25, 0.3) is 11.0 Å². The highest BCUT2D eigenvalue weighted by Gasteiger charge is 2.15. The van der Waals surface area contributed by atoms with E-state index in [2.05, 4.69) is 14.7 Å². The van der Waals surface area contributed by atoms with Crippen molar-refractivity contribution in [3.8, 4) is 0 Å². The Kier molecular flexibility index (Phi) is 3.41. The number of imidazole rings is 1. The molecule has 6 heteroatoms. The molecule has 22 heavy (non-hydrogen) atoms. The zero-order valence-electron chi connectivity index (χ0n) is 12.6. The molecule has 3 aromatic rings. The number of nitrogens with one attached hydrogen (secondary N) is 2. The molecule has 0 saturated carbocycles. The van der Waals surface area contributed by atoms with E-state index < -0.39 is 10.0 Å². The van der Waals surface area contributed by atoms with Gasteiger partial charge in [0.15, 0.2) is 0 Å². The van der Waals surface area contributed by atoms with Crippen LogP contribution in [-0.2, 0) is 10.0 Å². The van der Waals surface area contributed by atoms with Crippen molar-refractivity contribution in [3.05, 3.63) is 53.3 Å². The quantitative estimate of drug-likeness (QED) is 0.779. The van der Waals surface area contributed by atoms with Crippen molar-refractivity contribution in [2.75, 3.05) is 4.72 Å². The molecule has 0 amide bonds. The van der Waals surface area contributed by atoms with E-state index in [0.29, 0.717) is 11.2 Å². The summed E-state index contributed by atoms with van der Waals surface area (Å²) in [5, 5.41) is 0. The SMILES string of the molecule is Cc1nc2ccc(S(=O)(=O)Nc3ccc(C)c(C)c3)cc2[nH]1. The molecule has 114 valence electrons. The van der Waals surface area contributed by atoms with E-state index >= 15 is 0 Å². The fourth-order valence-electron chi connectivity index (χ4n) is 2.30. The van der Waals surface area contributed by atoms with Gasteiger partial charge in [-0.3, -0.25) is 4.72 Å². The Morgan fingerprint density at radius 3 is 2.50 bits per heavy atom. The molecule has 2 N–H and O–H groups in total. The number of H-pyrrole nitrogens is 1. The number of sulfonamides is 1. The predicted octanol–water partition coefficient (Wildman–Crippen LogP) is 3.29. The first-order valence-electron chi connectivity index (χ1n) is 6.91. The van der Waals surface area contributed by atoms with Gasteiger partial charge in [0.2, 0.25) is 0 Å². The number of hydrogen-bond acceptors (Lipinski definition) is 3. The molecule has 0 aliphatic rings. The summed E-state index contributed by atoms with van der Waals surface area (Å²) in [6.45, 7) is 5.77. The third-order valence-corrected chi connectivity index (χ3v) is 5.02. The lowest BCUT2D eigenvalue weighted by atomic mass is 10.1. The first-order valence-corrected chi connectivity index (χ1v) is 8.40. The number of aryl methyl sites for hydroxylation is 3. The summed E-state index contributed by atoms with van der Waals surface area (Å²) < 4.78 is 27.6. The molecule has 0 radical (unpaired) electrons. The van der Waals surface area contributed by atoms with Crippen LogP contribution in [-0.4, -0.2) is 18.4 Å². The number of anilines is 1. The van der Waals surface area contributed by atoms with Gasteiger partial charge in [-0.15, -0.1) is 0 Å². The maximum atomic E-state index is 12.5. The van der Waals surface area contributed by atoms with E-state index in [9.17, 15) is 8.42 Å². The fourth-order valence-corrected chi connectivity index (χ4v) is 3.38. The number of nitrogens with zero attached hydrogens (tertiary/aromatic N) is 1. The van der Waals surface area contributed by atoms with Gasteiger partial charge in [0.1, 0.15) is 5.82 Å². The summed E-state index contributed by atoms with van der Waals surface area (Å²) in [6.07, 6.45) is 0. The van der Waals surface area contributed by atoms with Crippen LogP contribution >= 0.6 is 0 Å². The molecule has 0 aliphatic heterocycles. The minimum Gasteiger partial charge on any atom is -0.342 e. The molecule has 0 saturated heterocycles. The Bertz CT molecular complexity index is 959. The minimum atomic E-state index is -3.62. The lowest BCUT2D eigenvalue weighted by molar-refractivity contribution is 0.601. The lowest BCUT2D eigenvalue weighted by Gasteiger charge is -2.10. The maximum absolute atomic E-state index is 12.5. The van der Waals surface area contributed by atoms with Crippen molar-refractivity contribution in [1.82, 2.24) is 9.97 Å². The van der Waals surface area contributed by atoms with Crippen LogP contribution in [0.1, 0.15) is 17.0 Å². The standard InChI is InChI=1S/C16H17N3O2S/c1-10-4-5-13(8-11(10)2)19-22(20,21)14-6-7-15-16(9-14)18-12(3)17-15/h4-9,19H,1-3H3,(H,17,18). The van der Waals surface area contributed by atoms with Crippen molar-refractivity contribution < 1.29 is 8.42 Å². The molecule has 2 aromatic carbocycles. The monoisotopic (exact) mass is 315 g/mol. The molecular weight excluding hydrogens is 298 g/mol. The van der Waals surface area contributed by atoms with Crippen molar-refractivity contribution >= 4 is 26.7 Å². The van der Waals surface area contributed by atoms with Crippen LogP contribution in [0.2, 0.25) is 0 Å². The summed E-state index contributed by atoms with van der Waals surface area (Å²) in [7, 11) is -3.62. The summed E-state index contributed by atoms with van der Waals surface area (Å²) in [4.78, 5) is 7.53. The Morgan fingerprint density at radius 1 is 1.00 bits per heavy atom. The number of aromatic nitrogens is 2. The molecule has 0 unspecified atom stereocenters. The molecule has 3 rings (SSSR count). The number of benzene rings is 2. The summed E-state index contributed by atoms with van der Waals surface area (Å²) in [5.74, 6) is 0.756. The molecule has 1 heterocycles. The van der Waals surface area contributed by atoms with Gasteiger partial charge in [0, 0.05) is 5.69 Å². The van der Waals surface area contributed by atoms with E-state index in [0.717, 1.165) is 22.5 Å². The second kappa shape index (κ2) is 5.14. The molecule has 5 nitrogen and oxygen atoms in total. The van der Waals surface area contributed by atoms with E-state index in [-0.39, 0.29) is 4.90 Å². The Hall–Kier alpha value is -2.34. The second-order valence-corrected chi connectivity index (χ2v) is 7.09. The number of aromatic amines is 1. The van der Waals surface area contributed by atoms with Gasteiger partial charge >= 0.3 is 0 Å². The average molecular weight is 315 g/mol. The van der Waals surface area contributed by atoms with Crippen molar-refractivity contribution in [1.29, 1.82) is 0 Å². The van der Waals surface area contributed by atoms with E-state index in [1.807, 2.05) is 32.9 Å². The van der Waals surface area contributed by atoms with Crippen LogP contribution in [0.5, 0.6) is 0 Å². The molecule has 1 aromatic heterocycles. The van der Waals surface area contributed by atoms with Gasteiger partial charge in [0.05, 0.1) is 15.9 Å². The highest BCUT2D eigenvalue weighted by atomic mass is 32.2. The van der Waals surface area contributed by atoms with E-state index in [1.54, 1.807) is 24.3 Å². The number of hydrogen-bond donors (Lipinski definition) is 2. The number of fused-ring (bicyclic) bond motifs is 1. The minimum absolute atomic E-state index is 0.210. The highest BCUT2D eigenvalue weighted by Crippen LogP contribution is 2.21. The molecule has 0 bridgehead atoms. The van der Waals surface area contributed by atoms with Crippen LogP contribution in [0, 0.1) is 20.8 Å². The summed E-state index contributed by atoms with van der Waals surface area (Å²) in [6, 6.07) is 10.3. The van der Waals surface area contributed by atoms with Gasteiger partial charge in [0.25, 0.3) is 10.0 Å². The van der Waals surface area contributed by atoms with Crippen molar-refractivity contribution in [2.24, 2.45) is 0 Å². The zero-order chi connectivity index (χ0) is 15.9. The van der Waals surface area contributed by atoms with Gasteiger partial charge in [-0.1, -0.05) is 6.07 Å². The van der Waals surface area contributed by atoms with E-state index in [1.165, 1.54) is 0 Å². The first kappa shape index (κ1) is 14.6. The highest BCUT2D eigenvalue weighted by molar-refractivity contribution is 7.92. The molecule has 0 spiro atoms. The fraction of sp³-hybridized carbons (Fsp3) is 0.188. The van der Waals surface area contributed by atoms with Crippen LogP contribution in [0.15, 0.2) is 41.3 Å². The van der Waals surface area contributed by atoms with Crippen molar-refractivity contribution in [2.45, 2.75) is 25.7 Å². The van der Waals surface area contributed by atoms with Crippen molar-refractivity contribution in [3.63, 3.8) is 0 Å². The molecule has 0 fully saturated rings. The van der Waals surface area contributed by atoms with E-state index in [4.69, 9.17) is 0 Å². The second-order valence-electron chi connectivity index (χ2n) is 5.41. The molecule has 0 aliphatic carbocycles. The average Bonchev–Trinajstić information content (AvgIpc) is 2.81. The first-order chi connectivity index (χ1) is 10.3. The largest absolute Gasteiger partial charge is 0.342 e. The zero-order valence-corrected chi connectivity index (χ0v) is 13.5. The molecular formula is C16H17N3O2S. The normalized spacial score (nSPS) is 11.8. The van der Waals surface area contributed by atoms with Crippen LogP contribution in [0.4, 0.5) is 5.69 Å². The Labute approximate surface area is 129 Å². The summed E-state index contributed by atoms with van der Waals surface area (Å²) >= 11 is 0. The van der Waals surface area contributed by atoms with Gasteiger partial charge < -0.3 is 4.98 Å². The van der Waals surface area contributed by atoms with Gasteiger partial charge in [-0.2, -0.15) is 0 Å². The summed E-state index contributed by atoms with van der Waals surface area (Å²) in [5.41, 5.74) is 4.18. The number of rotatable bonds is 3. The lowest BCUT2D eigenvalue weighted by Crippen LogP contribution is -2.13. The predicted molar refractivity (Wildman–Crippen MR) is 87.6 cm³/mol. The third kappa shape index (κ3) is 2.69. The molecule has 0 atom stereocenters. The van der Waals surface area contributed by atoms with Gasteiger partial charge in [-0.05, 0) is 62.2 Å². The third-order valence-electron chi connectivity index (χ3n) is 3.64. The van der Waals surface area contributed by atoms with Crippen LogP contribution in [0.3, 0.4) is 0 Å². The Balaban J connectivity index is 1.98. The van der Waals surface area contributed by atoms with Gasteiger partial charge in [-0.25, -0.2) is 13.4 Å². The smallest absolute Gasteiger partial charge is 0.261 e.